The summed E-state index contributed by atoms with van der Waals surface area (Å²) in [5, 5.41) is 0. The van der Waals surface area contributed by atoms with Gasteiger partial charge in [0.15, 0.2) is 0 Å². The van der Waals surface area contributed by atoms with E-state index in [1.54, 1.807) is 0 Å². The number of nitrogens with two attached hydrogens (primary N) is 1. The lowest BCUT2D eigenvalue weighted by Gasteiger charge is -2.14. The van der Waals surface area contributed by atoms with Crippen molar-refractivity contribution in [3.05, 3.63) is 33.8 Å². The molecule has 0 aromatic heterocycles. The summed E-state index contributed by atoms with van der Waals surface area (Å²) in [6, 6.07) is 5.83. The van der Waals surface area contributed by atoms with Crippen LogP contribution < -0.4 is 5.73 Å². The predicted molar refractivity (Wildman–Crippen MR) is 74.8 cm³/mol. The average molecular weight is 320 g/mol. The van der Waals surface area contributed by atoms with E-state index in [-0.39, 0.29) is 11.8 Å². The first kappa shape index (κ1) is 14.7. The van der Waals surface area contributed by atoms with Gasteiger partial charge in [0.25, 0.3) is 0 Å². The highest BCUT2D eigenvalue weighted by atomic mass is 79.9. The first-order chi connectivity index (χ1) is 7.81. The van der Waals surface area contributed by atoms with Crippen LogP contribution in [-0.2, 0) is 9.84 Å². The molecule has 1 aromatic carbocycles. The molecule has 1 unspecified atom stereocenters. The van der Waals surface area contributed by atoms with Crippen molar-refractivity contribution in [3.8, 4) is 0 Å². The zero-order valence-electron chi connectivity index (χ0n) is 10.1. The minimum Gasteiger partial charge on any atom is -0.324 e. The lowest BCUT2D eigenvalue weighted by atomic mass is 10.0. The highest BCUT2D eigenvalue weighted by Crippen LogP contribution is 2.27. The number of sulfone groups is 1. The largest absolute Gasteiger partial charge is 0.324 e. The Morgan fingerprint density at radius 1 is 1.41 bits per heavy atom. The molecule has 0 bridgehead atoms. The van der Waals surface area contributed by atoms with Gasteiger partial charge in [-0.3, -0.25) is 0 Å². The van der Waals surface area contributed by atoms with Gasteiger partial charge in [-0.15, -0.1) is 0 Å². The minimum absolute atomic E-state index is 0.119. The van der Waals surface area contributed by atoms with E-state index >= 15 is 0 Å². The first-order valence-corrected chi connectivity index (χ1v) is 8.35. The van der Waals surface area contributed by atoms with Crippen molar-refractivity contribution in [2.45, 2.75) is 25.8 Å². The highest BCUT2D eigenvalue weighted by Gasteiger charge is 2.12. The maximum Gasteiger partial charge on any atom is 0.147 e. The molecular formula is C12H18BrNO2S. The topological polar surface area (TPSA) is 60.2 Å². The van der Waals surface area contributed by atoms with Crippen LogP contribution in [0.15, 0.2) is 22.7 Å². The Labute approximate surface area is 111 Å². The molecule has 1 rings (SSSR count). The van der Waals surface area contributed by atoms with Crippen LogP contribution in [0.4, 0.5) is 0 Å². The van der Waals surface area contributed by atoms with Crippen LogP contribution in [0.25, 0.3) is 0 Å². The van der Waals surface area contributed by atoms with Crippen molar-refractivity contribution in [2.24, 2.45) is 5.73 Å². The number of benzene rings is 1. The van der Waals surface area contributed by atoms with E-state index in [1.165, 1.54) is 6.26 Å². The average Bonchev–Trinajstić information content (AvgIpc) is 2.20. The van der Waals surface area contributed by atoms with Gasteiger partial charge in [0, 0.05) is 22.5 Å². The Kier molecular flexibility index (Phi) is 5.16. The van der Waals surface area contributed by atoms with E-state index in [2.05, 4.69) is 15.9 Å². The fourth-order valence-corrected chi connectivity index (χ4v) is 2.93. The molecule has 17 heavy (non-hydrogen) atoms. The van der Waals surface area contributed by atoms with Gasteiger partial charge in [-0.25, -0.2) is 8.42 Å². The summed E-state index contributed by atoms with van der Waals surface area (Å²) in [7, 11) is -2.89. The van der Waals surface area contributed by atoms with Gasteiger partial charge in [-0.05, 0) is 30.9 Å². The van der Waals surface area contributed by atoms with Gasteiger partial charge in [0.05, 0.1) is 0 Å². The van der Waals surface area contributed by atoms with Crippen molar-refractivity contribution in [2.75, 3.05) is 12.0 Å². The van der Waals surface area contributed by atoms with Gasteiger partial charge < -0.3 is 5.73 Å². The summed E-state index contributed by atoms with van der Waals surface area (Å²) < 4.78 is 23.1. The van der Waals surface area contributed by atoms with E-state index < -0.39 is 9.84 Å². The van der Waals surface area contributed by atoms with Crippen molar-refractivity contribution >= 4 is 25.8 Å². The van der Waals surface area contributed by atoms with Gasteiger partial charge in [-0.2, -0.15) is 0 Å². The fraction of sp³-hybridized carbons (Fsp3) is 0.500. The quantitative estimate of drug-likeness (QED) is 0.907. The summed E-state index contributed by atoms with van der Waals surface area (Å²) in [6.45, 7) is 2.01. The Balaban J connectivity index is 2.64. The molecular weight excluding hydrogens is 302 g/mol. The molecule has 0 radical (unpaired) electrons. The van der Waals surface area contributed by atoms with E-state index in [4.69, 9.17) is 5.73 Å². The van der Waals surface area contributed by atoms with Crippen LogP contribution in [0.2, 0.25) is 0 Å². The van der Waals surface area contributed by atoms with E-state index in [0.29, 0.717) is 12.8 Å². The van der Waals surface area contributed by atoms with Crippen LogP contribution in [0, 0.1) is 6.92 Å². The van der Waals surface area contributed by atoms with E-state index in [1.807, 2.05) is 25.1 Å². The molecule has 0 aliphatic rings. The zero-order chi connectivity index (χ0) is 13.1. The highest BCUT2D eigenvalue weighted by molar-refractivity contribution is 9.10. The minimum atomic E-state index is -2.89. The number of halogens is 1. The van der Waals surface area contributed by atoms with Crippen molar-refractivity contribution < 1.29 is 8.42 Å². The second-order valence-corrected chi connectivity index (χ2v) is 7.41. The fourth-order valence-electron chi connectivity index (χ4n) is 1.68. The molecule has 0 aliphatic carbocycles. The Bertz CT molecular complexity index is 485. The van der Waals surface area contributed by atoms with Crippen molar-refractivity contribution in [1.82, 2.24) is 0 Å². The van der Waals surface area contributed by atoms with Gasteiger partial charge >= 0.3 is 0 Å². The lowest BCUT2D eigenvalue weighted by Crippen LogP contribution is -2.13. The zero-order valence-corrected chi connectivity index (χ0v) is 12.5. The number of aryl methyl sites for hydroxylation is 1. The van der Waals surface area contributed by atoms with Crippen LogP contribution in [0.1, 0.15) is 30.0 Å². The van der Waals surface area contributed by atoms with Crippen molar-refractivity contribution in [3.63, 3.8) is 0 Å². The summed E-state index contributed by atoms with van der Waals surface area (Å²) >= 11 is 3.51. The Hall–Kier alpha value is -0.390. The molecule has 0 fully saturated rings. The SMILES string of the molecule is Cc1cccc(C(N)CCCS(C)(=O)=O)c1Br. The molecule has 2 N–H and O–H groups in total. The molecule has 3 nitrogen and oxygen atoms in total. The second kappa shape index (κ2) is 5.98. The summed E-state index contributed by atoms with van der Waals surface area (Å²) in [6.07, 6.45) is 2.52. The van der Waals surface area contributed by atoms with E-state index in [0.717, 1.165) is 15.6 Å². The first-order valence-electron chi connectivity index (χ1n) is 5.49. The second-order valence-electron chi connectivity index (χ2n) is 4.36. The maximum absolute atomic E-state index is 11.0. The lowest BCUT2D eigenvalue weighted by molar-refractivity contribution is 0.587. The molecule has 1 atom stereocenters. The predicted octanol–water partition coefficient (Wildman–Crippen LogP) is 2.58. The normalized spacial score (nSPS) is 13.6. The third-order valence-electron chi connectivity index (χ3n) is 2.65. The van der Waals surface area contributed by atoms with Gasteiger partial charge in [0.1, 0.15) is 9.84 Å². The molecule has 0 aliphatic heterocycles. The summed E-state index contributed by atoms with van der Waals surface area (Å²) in [5.74, 6) is 0.199. The molecule has 0 heterocycles. The smallest absolute Gasteiger partial charge is 0.147 e. The number of hydrogen-bond acceptors (Lipinski definition) is 3. The third kappa shape index (κ3) is 4.77. The monoisotopic (exact) mass is 319 g/mol. The summed E-state index contributed by atoms with van der Waals surface area (Å²) in [4.78, 5) is 0. The maximum atomic E-state index is 11.0. The molecule has 0 amide bonds. The molecule has 0 spiro atoms. The number of hydrogen-bond donors (Lipinski definition) is 1. The van der Waals surface area contributed by atoms with Crippen molar-refractivity contribution in [1.29, 1.82) is 0 Å². The third-order valence-corrected chi connectivity index (χ3v) is 4.76. The van der Waals surface area contributed by atoms with Crippen LogP contribution >= 0.6 is 15.9 Å². The number of rotatable bonds is 5. The molecule has 0 saturated heterocycles. The molecule has 1 aromatic rings. The van der Waals surface area contributed by atoms with Crippen LogP contribution in [-0.4, -0.2) is 20.4 Å². The molecule has 0 saturated carbocycles. The van der Waals surface area contributed by atoms with Gasteiger partial charge in [-0.1, -0.05) is 34.1 Å². The Morgan fingerprint density at radius 2 is 2.06 bits per heavy atom. The van der Waals surface area contributed by atoms with Crippen LogP contribution in [0.5, 0.6) is 0 Å². The molecule has 96 valence electrons. The Morgan fingerprint density at radius 3 is 2.65 bits per heavy atom. The van der Waals surface area contributed by atoms with E-state index in [9.17, 15) is 8.42 Å². The van der Waals surface area contributed by atoms with Gasteiger partial charge in [0.2, 0.25) is 0 Å². The standard InChI is InChI=1S/C12H18BrNO2S/c1-9-5-3-6-10(12(9)13)11(14)7-4-8-17(2,15)16/h3,5-6,11H,4,7-8,14H2,1-2H3. The molecule has 5 heteroatoms. The van der Waals surface area contributed by atoms with Crippen LogP contribution in [0.3, 0.4) is 0 Å². The summed E-state index contributed by atoms with van der Waals surface area (Å²) in [5.41, 5.74) is 8.25.